The second-order valence-electron chi connectivity index (χ2n) is 2.63. The van der Waals surface area contributed by atoms with Crippen LogP contribution in [0.15, 0.2) is 18.2 Å². The summed E-state index contributed by atoms with van der Waals surface area (Å²) in [5.41, 5.74) is 0. The van der Waals surface area contributed by atoms with Crippen molar-refractivity contribution in [3.05, 3.63) is 31.7 Å². The van der Waals surface area contributed by atoms with Gasteiger partial charge in [0.25, 0.3) is 0 Å². The number of thiophene rings is 1. The molecule has 2 rings (SSSR count). The van der Waals surface area contributed by atoms with E-state index in [2.05, 4.69) is 41.6 Å². The normalized spacial score (nSPS) is 10.9. The summed E-state index contributed by atoms with van der Waals surface area (Å²) < 4.78 is 2.48. The number of hydrogen-bond donors (Lipinski definition) is 0. The maximum absolute atomic E-state index is 5.99. The van der Waals surface area contributed by atoms with Crippen LogP contribution in [-0.2, 0) is 0 Å². The molecule has 0 unspecified atom stereocenters. The first-order valence-electron chi connectivity index (χ1n) is 3.52. The lowest BCUT2D eigenvalue weighted by Gasteiger charge is -1.95. The van der Waals surface area contributed by atoms with Crippen LogP contribution in [0.2, 0.25) is 5.02 Å². The lowest BCUT2D eigenvalue weighted by molar-refractivity contribution is 1.65. The Balaban J connectivity index is 2.89. The number of fused-ring (bicyclic) bond motifs is 1. The fraction of sp³-hybridized carbons (Fsp3) is 0.111. The first-order chi connectivity index (χ1) is 5.68. The molecule has 12 heavy (non-hydrogen) atoms. The third-order valence-corrected chi connectivity index (χ3v) is 4.52. The van der Waals surface area contributed by atoms with Gasteiger partial charge < -0.3 is 0 Å². The molecule has 1 heterocycles. The molecule has 0 aliphatic rings. The number of hydrogen-bond acceptors (Lipinski definition) is 1. The van der Waals surface area contributed by atoms with Crippen LogP contribution in [-0.4, -0.2) is 0 Å². The Bertz CT molecular complexity index is 433. The van der Waals surface area contributed by atoms with E-state index in [0.717, 1.165) is 8.59 Å². The molecule has 0 atom stereocenters. The Morgan fingerprint density at radius 3 is 2.92 bits per heavy atom. The van der Waals surface area contributed by atoms with Crippen molar-refractivity contribution in [1.29, 1.82) is 0 Å². The Hall–Kier alpha value is 0.200. The zero-order chi connectivity index (χ0) is 8.72. The van der Waals surface area contributed by atoms with Gasteiger partial charge in [-0.25, -0.2) is 0 Å². The molecule has 0 fully saturated rings. The summed E-state index contributed by atoms with van der Waals surface area (Å²) in [5.74, 6) is 0. The van der Waals surface area contributed by atoms with Gasteiger partial charge in [-0.05, 0) is 47.7 Å². The van der Waals surface area contributed by atoms with Gasteiger partial charge in [-0.2, -0.15) is 0 Å². The summed E-state index contributed by atoms with van der Waals surface area (Å²) in [5, 5.41) is 2.13. The summed E-state index contributed by atoms with van der Waals surface area (Å²) in [6.07, 6.45) is 0. The molecular weight excluding hydrogens is 303 g/mol. The predicted octanol–water partition coefficient (Wildman–Crippen LogP) is 4.47. The fourth-order valence-corrected chi connectivity index (χ4v) is 3.08. The summed E-state index contributed by atoms with van der Waals surface area (Å²) in [4.78, 5) is 1.34. The van der Waals surface area contributed by atoms with Crippen LogP contribution in [0, 0.1) is 10.5 Å². The molecule has 0 aliphatic heterocycles. The van der Waals surface area contributed by atoms with Crippen molar-refractivity contribution in [2.75, 3.05) is 0 Å². The number of aryl methyl sites for hydroxylation is 1. The molecular formula is C9H6ClIS. The highest BCUT2D eigenvalue weighted by molar-refractivity contribution is 14.1. The van der Waals surface area contributed by atoms with Crippen molar-refractivity contribution in [3.8, 4) is 0 Å². The van der Waals surface area contributed by atoms with Gasteiger partial charge in [-0.1, -0.05) is 11.6 Å². The molecule has 0 radical (unpaired) electrons. The van der Waals surface area contributed by atoms with E-state index < -0.39 is 0 Å². The van der Waals surface area contributed by atoms with Crippen LogP contribution in [0.3, 0.4) is 0 Å². The van der Waals surface area contributed by atoms with Gasteiger partial charge in [0.1, 0.15) is 0 Å². The number of rotatable bonds is 0. The highest BCUT2D eigenvalue weighted by atomic mass is 127. The lowest BCUT2D eigenvalue weighted by Crippen LogP contribution is -1.73. The van der Waals surface area contributed by atoms with Crippen molar-refractivity contribution in [3.63, 3.8) is 0 Å². The van der Waals surface area contributed by atoms with Gasteiger partial charge in [-0.15, -0.1) is 11.3 Å². The van der Waals surface area contributed by atoms with Gasteiger partial charge in [0.2, 0.25) is 0 Å². The molecule has 0 nitrogen and oxygen atoms in total. The molecule has 0 saturated heterocycles. The molecule has 1 aromatic heterocycles. The largest absolute Gasteiger partial charge is 0.141 e. The highest BCUT2D eigenvalue weighted by Gasteiger charge is 2.04. The molecule has 2 aromatic rings. The summed E-state index contributed by atoms with van der Waals surface area (Å²) in [6, 6.07) is 6.23. The first-order valence-corrected chi connectivity index (χ1v) is 5.80. The van der Waals surface area contributed by atoms with Crippen LogP contribution in [0.4, 0.5) is 0 Å². The average Bonchev–Trinajstić information content (AvgIpc) is 2.39. The smallest absolute Gasteiger partial charge is 0.0546 e. The molecule has 0 aliphatic carbocycles. The third kappa shape index (κ3) is 1.36. The summed E-state index contributed by atoms with van der Waals surface area (Å²) >= 11 is 10.1. The predicted molar refractivity (Wildman–Crippen MR) is 64.3 cm³/mol. The minimum atomic E-state index is 0.848. The molecule has 0 N–H and O–H groups in total. The van der Waals surface area contributed by atoms with Crippen molar-refractivity contribution < 1.29 is 0 Å². The Labute approximate surface area is 93.7 Å². The van der Waals surface area contributed by atoms with E-state index >= 15 is 0 Å². The van der Waals surface area contributed by atoms with E-state index in [1.807, 2.05) is 17.4 Å². The third-order valence-electron chi connectivity index (χ3n) is 1.71. The average molecular weight is 309 g/mol. The standard InChI is InChI=1S/C9H6ClIS/c1-5-4-6-8(12-5)3-2-7(10)9(6)11/h2-4H,1H3. The topological polar surface area (TPSA) is 0 Å². The summed E-state index contributed by atoms with van der Waals surface area (Å²) in [6.45, 7) is 2.12. The second kappa shape index (κ2) is 3.16. The van der Waals surface area contributed by atoms with Gasteiger partial charge >= 0.3 is 0 Å². The van der Waals surface area contributed by atoms with E-state index in [0.29, 0.717) is 0 Å². The van der Waals surface area contributed by atoms with Crippen molar-refractivity contribution in [2.45, 2.75) is 6.92 Å². The van der Waals surface area contributed by atoms with Crippen LogP contribution >= 0.6 is 45.5 Å². The van der Waals surface area contributed by atoms with Crippen LogP contribution < -0.4 is 0 Å². The van der Waals surface area contributed by atoms with E-state index in [-0.39, 0.29) is 0 Å². The lowest BCUT2D eigenvalue weighted by atomic mass is 10.2. The molecule has 0 bridgehead atoms. The maximum atomic E-state index is 5.99. The first kappa shape index (κ1) is 8.78. The Morgan fingerprint density at radius 2 is 2.17 bits per heavy atom. The van der Waals surface area contributed by atoms with E-state index in [1.54, 1.807) is 0 Å². The van der Waals surface area contributed by atoms with Crippen LogP contribution in [0.25, 0.3) is 10.1 Å². The van der Waals surface area contributed by atoms with Gasteiger partial charge in [0, 0.05) is 18.5 Å². The van der Waals surface area contributed by atoms with Crippen LogP contribution in [0.1, 0.15) is 4.88 Å². The fourth-order valence-electron chi connectivity index (χ4n) is 1.18. The molecule has 62 valence electrons. The summed E-state index contributed by atoms with van der Waals surface area (Å²) in [7, 11) is 0. The van der Waals surface area contributed by atoms with E-state index in [4.69, 9.17) is 11.6 Å². The van der Waals surface area contributed by atoms with E-state index in [1.165, 1.54) is 15.0 Å². The zero-order valence-corrected chi connectivity index (χ0v) is 10.1. The Kier molecular flexibility index (Phi) is 2.31. The number of halogens is 2. The van der Waals surface area contributed by atoms with Crippen molar-refractivity contribution in [1.82, 2.24) is 0 Å². The van der Waals surface area contributed by atoms with E-state index in [9.17, 15) is 0 Å². The van der Waals surface area contributed by atoms with Crippen LogP contribution in [0.5, 0.6) is 0 Å². The zero-order valence-electron chi connectivity index (χ0n) is 6.40. The van der Waals surface area contributed by atoms with Crippen molar-refractivity contribution >= 4 is 55.6 Å². The monoisotopic (exact) mass is 308 g/mol. The molecule has 0 spiro atoms. The molecule has 3 heteroatoms. The molecule has 0 amide bonds. The quantitative estimate of drug-likeness (QED) is 0.630. The molecule has 0 saturated carbocycles. The maximum Gasteiger partial charge on any atom is 0.0546 e. The second-order valence-corrected chi connectivity index (χ2v) is 5.40. The van der Waals surface area contributed by atoms with Crippen molar-refractivity contribution in [2.24, 2.45) is 0 Å². The molecule has 1 aromatic carbocycles. The minimum Gasteiger partial charge on any atom is -0.141 e. The van der Waals surface area contributed by atoms with Gasteiger partial charge in [0.15, 0.2) is 0 Å². The van der Waals surface area contributed by atoms with Gasteiger partial charge in [0.05, 0.1) is 5.02 Å². The van der Waals surface area contributed by atoms with Gasteiger partial charge in [-0.3, -0.25) is 0 Å². The SMILES string of the molecule is Cc1cc2c(I)c(Cl)ccc2s1. The minimum absolute atomic E-state index is 0.848. The Morgan fingerprint density at radius 1 is 1.42 bits per heavy atom. The number of benzene rings is 1. The highest BCUT2D eigenvalue weighted by Crippen LogP contribution is 2.32.